The molecule has 0 heteroatoms. The molecular weight excluding hydrogens is 204 g/mol. The molecule has 0 aromatic heterocycles. The lowest BCUT2D eigenvalue weighted by Gasteiger charge is -2.33. The molecule has 92 valence electrons. The first-order valence-electron chi connectivity index (χ1n) is 6.73. The first-order chi connectivity index (χ1) is 7.97. The van der Waals surface area contributed by atoms with Gasteiger partial charge in [0.05, 0.1) is 0 Å². The van der Waals surface area contributed by atoms with Gasteiger partial charge in [-0.3, -0.25) is 0 Å². The van der Waals surface area contributed by atoms with Gasteiger partial charge < -0.3 is 0 Å². The van der Waals surface area contributed by atoms with Crippen molar-refractivity contribution in [3.8, 4) is 0 Å². The second-order valence-electron chi connectivity index (χ2n) is 6.44. The lowest BCUT2D eigenvalue weighted by atomic mass is 9.72. The highest BCUT2D eigenvalue weighted by Crippen LogP contribution is 2.39. The van der Waals surface area contributed by atoms with Gasteiger partial charge in [0, 0.05) is 0 Å². The van der Waals surface area contributed by atoms with Crippen LogP contribution in [0.15, 0.2) is 30.3 Å². The normalized spacial score (nSPS) is 21.2. The van der Waals surface area contributed by atoms with Gasteiger partial charge in [-0.1, -0.05) is 56.7 Å². The Labute approximate surface area is 106 Å². The minimum absolute atomic E-state index is 0.453. The summed E-state index contributed by atoms with van der Waals surface area (Å²) in [4.78, 5) is 0. The van der Waals surface area contributed by atoms with E-state index in [0.717, 1.165) is 5.92 Å². The summed E-state index contributed by atoms with van der Waals surface area (Å²) < 4.78 is 0. The molecule has 0 radical (unpaired) electrons. The maximum atomic E-state index is 2.47. The molecular formula is C17H24. The number of benzene rings is 1. The van der Waals surface area contributed by atoms with Crippen LogP contribution in [0, 0.1) is 18.3 Å². The van der Waals surface area contributed by atoms with Crippen molar-refractivity contribution in [2.24, 2.45) is 11.3 Å². The van der Waals surface area contributed by atoms with Crippen molar-refractivity contribution in [3.63, 3.8) is 0 Å². The largest absolute Gasteiger partial charge is 0.0804 e. The van der Waals surface area contributed by atoms with Crippen LogP contribution < -0.4 is 0 Å². The van der Waals surface area contributed by atoms with E-state index < -0.39 is 0 Å². The van der Waals surface area contributed by atoms with E-state index >= 15 is 0 Å². The van der Waals surface area contributed by atoms with Crippen molar-refractivity contribution >= 4 is 5.57 Å². The summed E-state index contributed by atoms with van der Waals surface area (Å²) in [5, 5.41) is 0. The molecule has 1 atom stereocenters. The van der Waals surface area contributed by atoms with Crippen LogP contribution in [0.1, 0.15) is 51.2 Å². The Morgan fingerprint density at radius 3 is 2.47 bits per heavy atom. The lowest BCUT2D eigenvalue weighted by molar-refractivity contribution is 0.225. The molecule has 0 nitrogen and oxygen atoms in total. The minimum atomic E-state index is 0.453. The molecule has 1 aromatic carbocycles. The highest BCUT2D eigenvalue weighted by molar-refractivity contribution is 5.66. The predicted molar refractivity (Wildman–Crippen MR) is 76.0 cm³/mol. The second kappa shape index (κ2) is 4.68. The number of hydrogen-bond acceptors (Lipinski definition) is 0. The zero-order valence-electron chi connectivity index (χ0n) is 11.6. The van der Waals surface area contributed by atoms with Gasteiger partial charge in [0.25, 0.3) is 0 Å². The topological polar surface area (TPSA) is 0 Å². The van der Waals surface area contributed by atoms with E-state index in [-0.39, 0.29) is 0 Å². The molecule has 17 heavy (non-hydrogen) atoms. The van der Waals surface area contributed by atoms with Gasteiger partial charge in [-0.05, 0) is 48.7 Å². The van der Waals surface area contributed by atoms with E-state index in [4.69, 9.17) is 0 Å². The van der Waals surface area contributed by atoms with Crippen LogP contribution in [0.4, 0.5) is 0 Å². The van der Waals surface area contributed by atoms with Gasteiger partial charge in [-0.15, -0.1) is 0 Å². The third-order valence-electron chi connectivity index (χ3n) is 4.02. The molecule has 0 spiro atoms. The second-order valence-corrected chi connectivity index (χ2v) is 6.44. The van der Waals surface area contributed by atoms with Gasteiger partial charge >= 0.3 is 0 Å². The zero-order chi connectivity index (χ0) is 12.5. The fourth-order valence-electron chi connectivity index (χ4n) is 2.73. The van der Waals surface area contributed by atoms with Crippen LogP contribution in [0.25, 0.3) is 5.57 Å². The molecule has 1 aliphatic carbocycles. The Balaban J connectivity index is 2.14. The molecule has 0 heterocycles. The molecule has 0 saturated heterocycles. The fraction of sp³-hybridized carbons (Fsp3) is 0.529. The third-order valence-corrected chi connectivity index (χ3v) is 4.02. The van der Waals surface area contributed by atoms with Crippen LogP contribution in [-0.2, 0) is 0 Å². The van der Waals surface area contributed by atoms with Crippen molar-refractivity contribution in [1.82, 2.24) is 0 Å². The van der Waals surface area contributed by atoms with Crippen LogP contribution in [0.2, 0.25) is 0 Å². The Morgan fingerprint density at radius 1 is 1.18 bits per heavy atom. The summed E-state index contributed by atoms with van der Waals surface area (Å²) in [7, 11) is 0. The van der Waals surface area contributed by atoms with Crippen molar-refractivity contribution in [2.45, 2.75) is 47.0 Å². The van der Waals surface area contributed by atoms with Gasteiger partial charge in [0.2, 0.25) is 0 Å². The molecule has 0 bridgehead atoms. The molecule has 1 aliphatic rings. The maximum Gasteiger partial charge on any atom is -0.0225 e. The first kappa shape index (κ1) is 12.4. The number of allylic oxidation sites excluding steroid dienone is 2. The Bertz CT molecular complexity index is 418. The molecule has 1 aromatic rings. The quantitative estimate of drug-likeness (QED) is 0.618. The van der Waals surface area contributed by atoms with E-state index in [2.05, 4.69) is 58.0 Å². The molecule has 0 saturated carbocycles. The molecule has 0 N–H and O–H groups in total. The first-order valence-corrected chi connectivity index (χ1v) is 6.73. The molecule has 0 amide bonds. The van der Waals surface area contributed by atoms with Gasteiger partial charge in [-0.2, -0.15) is 0 Å². The fourth-order valence-corrected chi connectivity index (χ4v) is 2.73. The van der Waals surface area contributed by atoms with Gasteiger partial charge in [0.1, 0.15) is 0 Å². The molecule has 2 rings (SSSR count). The number of hydrogen-bond donors (Lipinski definition) is 0. The van der Waals surface area contributed by atoms with Crippen LogP contribution in [0.3, 0.4) is 0 Å². The Morgan fingerprint density at radius 2 is 1.94 bits per heavy atom. The van der Waals surface area contributed by atoms with Crippen molar-refractivity contribution in [3.05, 3.63) is 41.5 Å². The minimum Gasteiger partial charge on any atom is -0.0804 e. The molecule has 0 aliphatic heterocycles. The summed E-state index contributed by atoms with van der Waals surface area (Å²) in [6, 6.07) is 8.89. The highest BCUT2D eigenvalue weighted by Gasteiger charge is 2.26. The third kappa shape index (κ3) is 3.00. The summed E-state index contributed by atoms with van der Waals surface area (Å²) >= 11 is 0. The monoisotopic (exact) mass is 228 g/mol. The average Bonchev–Trinajstić information content (AvgIpc) is 2.28. The summed E-state index contributed by atoms with van der Waals surface area (Å²) in [6.45, 7) is 9.26. The van der Waals surface area contributed by atoms with Crippen molar-refractivity contribution in [2.75, 3.05) is 0 Å². The average molecular weight is 228 g/mol. The van der Waals surface area contributed by atoms with E-state index in [0.29, 0.717) is 5.41 Å². The highest BCUT2D eigenvalue weighted by atomic mass is 14.3. The van der Waals surface area contributed by atoms with Crippen molar-refractivity contribution < 1.29 is 0 Å². The molecule has 0 fully saturated rings. The predicted octanol–water partition coefficient (Wildman–Crippen LogP) is 5.22. The zero-order valence-corrected chi connectivity index (χ0v) is 11.6. The van der Waals surface area contributed by atoms with Gasteiger partial charge in [0.15, 0.2) is 0 Å². The van der Waals surface area contributed by atoms with E-state index in [1.165, 1.54) is 30.4 Å². The summed E-state index contributed by atoms with van der Waals surface area (Å²) in [5.41, 5.74) is 4.79. The number of rotatable bonds is 1. The SMILES string of the molecule is Cc1cccc(C2=CCC(C(C)(C)C)CC2)c1. The van der Waals surface area contributed by atoms with Crippen LogP contribution in [-0.4, -0.2) is 0 Å². The number of aryl methyl sites for hydroxylation is 1. The Hall–Kier alpha value is -1.04. The smallest absolute Gasteiger partial charge is 0.0225 e. The van der Waals surface area contributed by atoms with E-state index in [1.54, 1.807) is 5.57 Å². The lowest BCUT2D eigenvalue weighted by Crippen LogP contribution is -2.21. The molecule has 1 unspecified atom stereocenters. The van der Waals surface area contributed by atoms with Gasteiger partial charge in [-0.25, -0.2) is 0 Å². The van der Waals surface area contributed by atoms with E-state index in [1.807, 2.05) is 0 Å². The Kier molecular flexibility index (Phi) is 3.42. The van der Waals surface area contributed by atoms with Crippen LogP contribution in [0.5, 0.6) is 0 Å². The standard InChI is InChI=1S/C17H24/c1-13-6-5-7-15(12-13)14-8-10-16(11-9-14)17(2,3)4/h5-8,12,16H,9-11H2,1-4H3. The van der Waals surface area contributed by atoms with Crippen molar-refractivity contribution in [1.29, 1.82) is 0 Å². The summed E-state index contributed by atoms with van der Waals surface area (Å²) in [6.07, 6.45) is 6.29. The maximum absolute atomic E-state index is 2.47. The summed E-state index contributed by atoms with van der Waals surface area (Å²) in [5.74, 6) is 0.844. The van der Waals surface area contributed by atoms with Crippen LogP contribution >= 0.6 is 0 Å². The van der Waals surface area contributed by atoms with E-state index in [9.17, 15) is 0 Å².